The number of nitrogens with zero attached hydrogens (tertiary/aromatic N) is 2. The maximum atomic E-state index is 12.9. The maximum Gasteiger partial charge on any atom is 0.253 e. The van der Waals surface area contributed by atoms with E-state index in [0.717, 1.165) is 38.5 Å². The Morgan fingerprint density at radius 3 is 2.19 bits per heavy atom. The molecule has 2 aliphatic rings. The Kier molecular flexibility index (Phi) is 5.99. The monoisotopic (exact) mass is 379 g/mol. The quantitative estimate of drug-likeness (QED) is 0.869. The van der Waals surface area contributed by atoms with Gasteiger partial charge in [0.2, 0.25) is 10.0 Å². The first-order valence-electron chi connectivity index (χ1n) is 9.52. The molecule has 6 nitrogen and oxygen atoms in total. The summed E-state index contributed by atoms with van der Waals surface area (Å²) in [6, 6.07) is 6.60. The van der Waals surface area contributed by atoms with E-state index in [0.29, 0.717) is 18.7 Å². The molecule has 0 bridgehead atoms. The second-order valence-electron chi connectivity index (χ2n) is 7.47. The van der Waals surface area contributed by atoms with Crippen LogP contribution in [-0.2, 0) is 10.0 Å². The number of benzene rings is 1. The van der Waals surface area contributed by atoms with Gasteiger partial charge in [-0.05, 0) is 49.9 Å². The van der Waals surface area contributed by atoms with Crippen molar-refractivity contribution in [1.29, 1.82) is 0 Å². The van der Waals surface area contributed by atoms with Gasteiger partial charge in [0.15, 0.2) is 0 Å². The number of piperidine rings is 1. The predicted molar refractivity (Wildman–Crippen MR) is 101 cm³/mol. The lowest BCUT2D eigenvalue weighted by atomic mass is 9.96. The molecule has 0 radical (unpaired) electrons. The first-order valence-corrected chi connectivity index (χ1v) is 11.0. The van der Waals surface area contributed by atoms with Crippen LogP contribution < -0.4 is 5.73 Å². The molecular formula is C19H29N3O3S. The average molecular weight is 380 g/mol. The van der Waals surface area contributed by atoms with Gasteiger partial charge in [0.05, 0.1) is 4.90 Å². The van der Waals surface area contributed by atoms with Crippen LogP contribution in [0.15, 0.2) is 29.2 Å². The van der Waals surface area contributed by atoms with Gasteiger partial charge in [-0.1, -0.05) is 19.3 Å². The number of carbonyl (C=O) groups excluding carboxylic acids is 1. The lowest BCUT2D eigenvalue weighted by molar-refractivity contribution is 0.0714. The largest absolute Gasteiger partial charge is 0.339 e. The van der Waals surface area contributed by atoms with Crippen molar-refractivity contribution in [2.75, 3.05) is 20.1 Å². The molecule has 0 unspecified atom stereocenters. The van der Waals surface area contributed by atoms with Crippen LogP contribution >= 0.6 is 0 Å². The first-order chi connectivity index (χ1) is 12.4. The van der Waals surface area contributed by atoms with Gasteiger partial charge in [0.25, 0.3) is 5.91 Å². The summed E-state index contributed by atoms with van der Waals surface area (Å²) >= 11 is 0. The van der Waals surface area contributed by atoms with Gasteiger partial charge in [0.1, 0.15) is 0 Å². The third-order valence-electron chi connectivity index (χ3n) is 5.69. The van der Waals surface area contributed by atoms with E-state index in [9.17, 15) is 13.2 Å². The van der Waals surface area contributed by atoms with Crippen molar-refractivity contribution in [3.8, 4) is 0 Å². The topological polar surface area (TPSA) is 83.7 Å². The summed E-state index contributed by atoms with van der Waals surface area (Å²) in [6.07, 6.45) is 6.80. The summed E-state index contributed by atoms with van der Waals surface area (Å²) in [5.41, 5.74) is 6.41. The second kappa shape index (κ2) is 8.06. The van der Waals surface area contributed by atoms with E-state index in [1.807, 2.05) is 0 Å². The van der Waals surface area contributed by atoms with Gasteiger partial charge < -0.3 is 10.6 Å². The lowest BCUT2D eigenvalue weighted by Gasteiger charge is -2.31. The van der Waals surface area contributed by atoms with E-state index in [-0.39, 0.29) is 22.9 Å². The molecule has 1 aliphatic heterocycles. The van der Waals surface area contributed by atoms with E-state index < -0.39 is 10.0 Å². The third kappa shape index (κ3) is 4.10. The molecule has 1 saturated heterocycles. The number of amides is 1. The van der Waals surface area contributed by atoms with Gasteiger partial charge in [-0.15, -0.1) is 0 Å². The van der Waals surface area contributed by atoms with E-state index >= 15 is 0 Å². The number of hydrogen-bond donors (Lipinski definition) is 1. The van der Waals surface area contributed by atoms with Crippen molar-refractivity contribution in [3.05, 3.63) is 29.8 Å². The summed E-state index contributed by atoms with van der Waals surface area (Å²) in [4.78, 5) is 14.6. The number of nitrogens with two attached hydrogens (primary N) is 1. The lowest BCUT2D eigenvalue weighted by Crippen LogP contribution is -2.42. The van der Waals surface area contributed by atoms with Crippen molar-refractivity contribution >= 4 is 15.9 Å². The van der Waals surface area contributed by atoms with Gasteiger partial charge in [0, 0.05) is 37.8 Å². The van der Waals surface area contributed by atoms with Crippen molar-refractivity contribution in [3.63, 3.8) is 0 Å². The van der Waals surface area contributed by atoms with Gasteiger partial charge in [-0.2, -0.15) is 4.31 Å². The zero-order valence-electron chi connectivity index (χ0n) is 15.4. The molecule has 1 aromatic rings. The highest BCUT2D eigenvalue weighted by atomic mass is 32.2. The average Bonchev–Trinajstić information content (AvgIpc) is 2.68. The van der Waals surface area contributed by atoms with Crippen LogP contribution in [0.4, 0.5) is 0 Å². The molecule has 1 aromatic carbocycles. The third-order valence-corrected chi connectivity index (χ3v) is 7.62. The normalized spacial score (nSPS) is 20.5. The number of likely N-dealkylation sites (tertiary alicyclic amines) is 1. The molecule has 2 N–H and O–H groups in total. The standard InChI is InChI=1S/C19H29N3O3S/c1-21(17-5-3-2-4-6-17)26(24,25)18-9-7-15(8-10-18)19(23)22-13-11-16(20)12-14-22/h7-10,16-17H,2-6,11-14,20H2,1H3. The molecule has 26 heavy (non-hydrogen) atoms. The van der Waals surface area contributed by atoms with Gasteiger partial charge in [-0.3, -0.25) is 4.79 Å². The van der Waals surface area contributed by atoms with Gasteiger partial charge >= 0.3 is 0 Å². The molecule has 1 saturated carbocycles. The van der Waals surface area contributed by atoms with Crippen molar-refractivity contribution < 1.29 is 13.2 Å². The fourth-order valence-electron chi connectivity index (χ4n) is 3.86. The summed E-state index contributed by atoms with van der Waals surface area (Å²) in [5, 5.41) is 0. The highest BCUT2D eigenvalue weighted by molar-refractivity contribution is 7.89. The van der Waals surface area contributed by atoms with Crippen molar-refractivity contribution in [1.82, 2.24) is 9.21 Å². The zero-order chi connectivity index (χ0) is 18.7. The minimum absolute atomic E-state index is 0.0542. The van der Waals surface area contributed by atoms with E-state index in [1.54, 1.807) is 36.2 Å². The second-order valence-corrected chi connectivity index (χ2v) is 9.46. The number of carbonyl (C=O) groups is 1. The molecule has 0 aromatic heterocycles. The summed E-state index contributed by atoms with van der Waals surface area (Å²) in [7, 11) is -1.85. The van der Waals surface area contributed by atoms with Crippen LogP contribution in [0.25, 0.3) is 0 Å². The van der Waals surface area contributed by atoms with Crippen LogP contribution in [0.3, 0.4) is 0 Å². The first kappa shape index (κ1) is 19.3. The minimum atomic E-state index is -3.52. The van der Waals surface area contributed by atoms with E-state index in [4.69, 9.17) is 5.73 Å². The number of sulfonamides is 1. The van der Waals surface area contributed by atoms with E-state index in [2.05, 4.69) is 0 Å². The number of rotatable bonds is 4. The van der Waals surface area contributed by atoms with Crippen molar-refractivity contribution in [2.24, 2.45) is 5.73 Å². The van der Waals surface area contributed by atoms with Crippen LogP contribution in [0, 0.1) is 0 Å². The summed E-state index contributed by atoms with van der Waals surface area (Å²) in [6.45, 7) is 1.31. The Hall–Kier alpha value is -1.44. The molecule has 1 aliphatic carbocycles. The fraction of sp³-hybridized carbons (Fsp3) is 0.632. The summed E-state index contributed by atoms with van der Waals surface area (Å²) in [5.74, 6) is -0.0542. The predicted octanol–water partition coefficient (Wildman–Crippen LogP) is 2.20. The van der Waals surface area contributed by atoms with Crippen molar-refractivity contribution in [2.45, 2.75) is 61.9 Å². The fourth-order valence-corrected chi connectivity index (χ4v) is 5.28. The smallest absolute Gasteiger partial charge is 0.253 e. The highest BCUT2D eigenvalue weighted by Crippen LogP contribution is 2.26. The molecule has 2 fully saturated rings. The SMILES string of the molecule is CN(C1CCCCC1)S(=O)(=O)c1ccc(C(=O)N2CCC(N)CC2)cc1. The van der Waals surface area contributed by atoms with Gasteiger partial charge in [-0.25, -0.2) is 8.42 Å². The Bertz CT molecular complexity index is 719. The van der Waals surface area contributed by atoms with Crippen LogP contribution in [0.5, 0.6) is 0 Å². The summed E-state index contributed by atoms with van der Waals surface area (Å²) < 4.78 is 27.2. The van der Waals surface area contributed by atoms with Crippen LogP contribution in [-0.4, -0.2) is 55.8 Å². The Morgan fingerprint density at radius 2 is 1.62 bits per heavy atom. The molecule has 1 heterocycles. The molecule has 1 amide bonds. The maximum absolute atomic E-state index is 12.9. The Morgan fingerprint density at radius 1 is 1.04 bits per heavy atom. The molecule has 0 spiro atoms. The van der Waals surface area contributed by atoms with Crippen LogP contribution in [0.2, 0.25) is 0 Å². The number of hydrogen-bond acceptors (Lipinski definition) is 4. The van der Waals surface area contributed by atoms with E-state index in [1.165, 1.54) is 10.7 Å². The Labute approximate surface area is 156 Å². The molecule has 0 atom stereocenters. The zero-order valence-corrected chi connectivity index (χ0v) is 16.2. The molecule has 144 valence electrons. The molecule has 3 rings (SSSR count). The van der Waals surface area contributed by atoms with Crippen LogP contribution in [0.1, 0.15) is 55.3 Å². The highest BCUT2D eigenvalue weighted by Gasteiger charge is 2.29. The molecular weight excluding hydrogens is 350 g/mol. The minimum Gasteiger partial charge on any atom is -0.339 e. The Balaban J connectivity index is 1.71. The molecule has 7 heteroatoms.